The van der Waals surface area contributed by atoms with E-state index in [-0.39, 0.29) is 5.56 Å². The highest BCUT2D eigenvalue weighted by Crippen LogP contribution is 2.35. The van der Waals surface area contributed by atoms with Gasteiger partial charge in [-0.2, -0.15) is 0 Å². The molecular weight excluding hydrogens is 308 g/mol. The van der Waals surface area contributed by atoms with Gasteiger partial charge in [-0.05, 0) is 47.7 Å². The van der Waals surface area contributed by atoms with Crippen LogP contribution in [0.2, 0.25) is 0 Å². The standard InChI is InChI=1S/C19H16O3S/c1-13-9-18(23-12-13)16-10-15(19(20)21)7-8-17(16)22-11-14-5-3-2-4-6-14/h2-10,12H,11H2,1H3,(H,20,21). The SMILES string of the molecule is Cc1csc(-c2cc(C(=O)O)ccc2OCc2ccccc2)c1. The van der Waals surface area contributed by atoms with Crippen molar-refractivity contribution in [2.75, 3.05) is 0 Å². The van der Waals surface area contributed by atoms with E-state index in [1.54, 1.807) is 29.5 Å². The minimum atomic E-state index is -0.936. The maximum absolute atomic E-state index is 11.2. The molecule has 1 N–H and O–H groups in total. The van der Waals surface area contributed by atoms with E-state index in [2.05, 4.69) is 0 Å². The van der Waals surface area contributed by atoms with Crippen LogP contribution in [0.4, 0.5) is 0 Å². The minimum absolute atomic E-state index is 0.262. The van der Waals surface area contributed by atoms with Gasteiger partial charge in [0, 0.05) is 10.4 Å². The lowest BCUT2D eigenvalue weighted by Gasteiger charge is -2.11. The van der Waals surface area contributed by atoms with Crippen molar-refractivity contribution in [3.63, 3.8) is 0 Å². The minimum Gasteiger partial charge on any atom is -0.488 e. The topological polar surface area (TPSA) is 46.5 Å². The van der Waals surface area contributed by atoms with Crippen LogP contribution in [0.25, 0.3) is 10.4 Å². The summed E-state index contributed by atoms with van der Waals surface area (Å²) >= 11 is 1.59. The Morgan fingerprint density at radius 2 is 1.91 bits per heavy atom. The molecule has 0 atom stereocenters. The maximum Gasteiger partial charge on any atom is 0.335 e. The number of aryl methyl sites for hydroxylation is 1. The lowest BCUT2D eigenvalue weighted by Crippen LogP contribution is -2.00. The van der Waals surface area contributed by atoms with Crippen LogP contribution in [0.5, 0.6) is 5.75 Å². The second-order valence-electron chi connectivity index (χ2n) is 5.28. The molecule has 0 radical (unpaired) electrons. The molecule has 0 unspecified atom stereocenters. The van der Waals surface area contributed by atoms with Crippen LogP contribution < -0.4 is 4.74 Å². The van der Waals surface area contributed by atoms with Gasteiger partial charge in [0.25, 0.3) is 0 Å². The van der Waals surface area contributed by atoms with Crippen molar-refractivity contribution < 1.29 is 14.6 Å². The molecule has 23 heavy (non-hydrogen) atoms. The fourth-order valence-corrected chi connectivity index (χ4v) is 3.21. The van der Waals surface area contributed by atoms with Gasteiger partial charge in [0.1, 0.15) is 12.4 Å². The molecule has 0 aliphatic rings. The molecule has 0 aliphatic carbocycles. The Morgan fingerprint density at radius 1 is 1.13 bits per heavy atom. The summed E-state index contributed by atoms with van der Waals surface area (Å²) in [5.74, 6) is -0.241. The predicted octanol–water partition coefficient (Wildman–Crippen LogP) is 5.00. The van der Waals surface area contributed by atoms with Crippen LogP contribution in [0.1, 0.15) is 21.5 Å². The number of rotatable bonds is 5. The number of carboxylic acids is 1. The number of hydrogen-bond acceptors (Lipinski definition) is 3. The molecule has 0 amide bonds. The first-order valence-electron chi connectivity index (χ1n) is 7.23. The molecule has 3 aromatic rings. The Bertz CT molecular complexity index is 822. The van der Waals surface area contributed by atoms with Crippen molar-refractivity contribution in [1.29, 1.82) is 0 Å². The second-order valence-corrected chi connectivity index (χ2v) is 6.19. The Kier molecular flexibility index (Phi) is 4.44. The van der Waals surface area contributed by atoms with Gasteiger partial charge in [-0.3, -0.25) is 0 Å². The molecule has 0 aliphatic heterocycles. The molecule has 1 aromatic heterocycles. The van der Waals surface area contributed by atoms with Crippen LogP contribution in [-0.2, 0) is 6.61 Å². The highest BCUT2D eigenvalue weighted by Gasteiger charge is 2.13. The number of benzene rings is 2. The number of thiophene rings is 1. The molecule has 3 nitrogen and oxygen atoms in total. The van der Waals surface area contributed by atoms with Crippen LogP contribution >= 0.6 is 11.3 Å². The molecule has 1 heterocycles. The van der Waals surface area contributed by atoms with Crippen molar-refractivity contribution >= 4 is 17.3 Å². The summed E-state index contributed by atoms with van der Waals surface area (Å²) in [6.07, 6.45) is 0. The van der Waals surface area contributed by atoms with Crippen LogP contribution in [-0.4, -0.2) is 11.1 Å². The van der Waals surface area contributed by atoms with Gasteiger partial charge < -0.3 is 9.84 Å². The zero-order valence-electron chi connectivity index (χ0n) is 12.7. The van der Waals surface area contributed by atoms with Crippen LogP contribution in [0.3, 0.4) is 0 Å². The third-order valence-corrected chi connectivity index (χ3v) is 4.54. The predicted molar refractivity (Wildman–Crippen MR) is 92.2 cm³/mol. The van der Waals surface area contributed by atoms with E-state index in [4.69, 9.17) is 4.74 Å². The summed E-state index contributed by atoms with van der Waals surface area (Å²) in [6.45, 7) is 2.47. The van der Waals surface area contributed by atoms with Gasteiger partial charge in [-0.1, -0.05) is 30.3 Å². The molecule has 0 fully saturated rings. The molecule has 2 aromatic carbocycles. The summed E-state index contributed by atoms with van der Waals surface area (Å²) in [7, 11) is 0. The number of carboxylic acid groups (broad SMARTS) is 1. The molecule has 4 heteroatoms. The smallest absolute Gasteiger partial charge is 0.335 e. The summed E-state index contributed by atoms with van der Waals surface area (Å²) in [5, 5.41) is 11.3. The normalized spacial score (nSPS) is 10.5. The van der Waals surface area contributed by atoms with E-state index in [9.17, 15) is 9.90 Å². The summed E-state index contributed by atoms with van der Waals surface area (Å²) in [6, 6.07) is 16.9. The molecule has 116 valence electrons. The first kappa shape index (κ1) is 15.3. The van der Waals surface area contributed by atoms with Crippen molar-refractivity contribution in [3.05, 3.63) is 76.7 Å². The van der Waals surface area contributed by atoms with E-state index < -0.39 is 5.97 Å². The van der Waals surface area contributed by atoms with Gasteiger partial charge in [0.15, 0.2) is 0 Å². The largest absolute Gasteiger partial charge is 0.488 e. The highest BCUT2D eigenvalue weighted by molar-refractivity contribution is 7.13. The van der Waals surface area contributed by atoms with Crippen LogP contribution in [0.15, 0.2) is 60.0 Å². The lowest BCUT2D eigenvalue weighted by atomic mass is 10.1. The van der Waals surface area contributed by atoms with Crippen molar-refractivity contribution in [2.45, 2.75) is 13.5 Å². The number of hydrogen-bond donors (Lipinski definition) is 1. The fraction of sp³-hybridized carbons (Fsp3) is 0.105. The second kappa shape index (κ2) is 6.67. The number of carbonyl (C=O) groups is 1. The maximum atomic E-state index is 11.2. The Hall–Kier alpha value is -2.59. The van der Waals surface area contributed by atoms with E-state index in [0.717, 1.165) is 21.6 Å². The van der Waals surface area contributed by atoms with E-state index in [1.165, 1.54) is 0 Å². The molecule has 0 saturated heterocycles. The molecule has 3 rings (SSSR count). The first-order chi connectivity index (χ1) is 11.1. The average molecular weight is 324 g/mol. The van der Waals surface area contributed by atoms with Crippen LogP contribution in [0, 0.1) is 6.92 Å². The van der Waals surface area contributed by atoms with Crippen molar-refractivity contribution in [2.24, 2.45) is 0 Å². The summed E-state index contributed by atoms with van der Waals surface area (Å²) in [4.78, 5) is 12.3. The lowest BCUT2D eigenvalue weighted by molar-refractivity contribution is 0.0697. The van der Waals surface area contributed by atoms with Gasteiger partial charge >= 0.3 is 5.97 Å². The van der Waals surface area contributed by atoms with Gasteiger partial charge in [-0.15, -0.1) is 11.3 Å². The number of aromatic carboxylic acids is 1. The quantitative estimate of drug-likeness (QED) is 0.718. The molecular formula is C19H16O3S. The monoisotopic (exact) mass is 324 g/mol. The van der Waals surface area contributed by atoms with Gasteiger partial charge in [0.05, 0.1) is 5.56 Å². The molecule has 0 spiro atoms. The molecule has 0 bridgehead atoms. The zero-order valence-corrected chi connectivity index (χ0v) is 13.5. The van der Waals surface area contributed by atoms with E-state index >= 15 is 0 Å². The van der Waals surface area contributed by atoms with Gasteiger partial charge in [-0.25, -0.2) is 4.79 Å². The van der Waals surface area contributed by atoms with Gasteiger partial charge in [0.2, 0.25) is 0 Å². The highest BCUT2D eigenvalue weighted by atomic mass is 32.1. The first-order valence-corrected chi connectivity index (χ1v) is 8.11. The van der Waals surface area contributed by atoms with E-state index in [0.29, 0.717) is 12.4 Å². The van der Waals surface area contributed by atoms with E-state index in [1.807, 2.05) is 48.7 Å². The van der Waals surface area contributed by atoms with Crippen molar-refractivity contribution in [1.82, 2.24) is 0 Å². The Labute approximate surface area is 138 Å². The third kappa shape index (κ3) is 3.60. The third-order valence-electron chi connectivity index (χ3n) is 3.46. The summed E-state index contributed by atoms with van der Waals surface area (Å²) in [5.41, 5.74) is 3.31. The average Bonchev–Trinajstić information content (AvgIpc) is 3.00. The zero-order chi connectivity index (χ0) is 16.2. The fourth-order valence-electron chi connectivity index (χ4n) is 2.29. The van der Waals surface area contributed by atoms with Crippen molar-refractivity contribution in [3.8, 4) is 16.2 Å². The Morgan fingerprint density at radius 3 is 2.57 bits per heavy atom. The summed E-state index contributed by atoms with van der Waals surface area (Å²) < 4.78 is 5.94. The number of ether oxygens (including phenoxy) is 1. The molecule has 0 saturated carbocycles. The Balaban J connectivity index is 1.93.